The first kappa shape index (κ1) is 21.4. The number of carbonyl (C=O) groups is 2. The van der Waals surface area contributed by atoms with E-state index < -0.39 is 0 Å². The molecule has 0 unspecified atom stereocenters. The zero-order valence-electron chi connectivity index (χ0n) is 18.3. The van der Waals surface area contributed by atoms with Crippen molar-refractivity contribution >= 4 is 23.2 Å². The van der Waals surface area contributed by atoms with Gasteiger partial charge in [0.1, 0.15) is 17.3 Å². The van der Waals surface area contributed by atoms with Crippen LogP contribution in [0.5, 0.6) is 5.75 Å². The molecule has 0 aliphatic heterocycles. The Kier molecular flexibility index (Phi) is 6.11. The third-order valence-electron chi connectivity index (χ3n) is 5.35. The normalized spacial score (nSPS) is 14.2. The van der Waals surface area contributed by atoms with E-state index in [0.29, 0.717) is 53.5 Å². The van der Waals surface area contributed by atoms with Crippen LogP contribution >= 0.6 is 0 Å². The van der Waals surface area contributed by atoms with Gasteiger partial charge in [0.15, 0.2) is 5.76 Å². The van der Waals surface area contributed by atoms with E-state index in [1.54, 1.807) is 37.3 Å². The van der Waals surface area contributed by atoms with E-state index in [0.717, 1.165) is 17.7 Å². The smallest absolute Gasteiger partial charge is 0.291 e. The zero-order valence-corrected chi connectivity index (χ0v) is 18.3. The molecule has 0 bridgehead atoms. The summed E-state index contributed by atoms with van der Waals surface area (Å²) in [4.78, 5) is 25.2. The first-order valence-corrected chi connectivity index (χ1v) is 10.6. The second-order valence-electron chi connectivity index (χ2n) is 7.51. The molecule has 2 amide bonds. The van der Waals surface area contributed by atoms with Crippen molar-refractivity contribution < 1.29 is 23.2 Å². The standard InChI is InChI=1S/C24H25N3O5/c1-4-30-17-10-8-16(9-11-17)25-24(29)22-14(2)21-19(6-5-7-20(21)32-22)26-27-23(28)18-12-13-31-15(18)3/h8-13H,4-7H2,1-3H3,(H,25,29)(H,27,28)/b26-19+. The Labute approximate surface area is 185 Å². The highest BCUT2D eigenvalue weighted by Gasteiger charge is 2.28. The highest BCUT2D eigenvalue weighted by Crippen LogP contribution is 2.30. The number of fused-ring (bicyclic) bond motifs is 1. The van der Waals surface area contributed by atoms with Crippen LogP contribution in [0.15, 0.2) is 50.5 Å². The number of hydrogen-bond acceptors (Lipinski definition) is 6. The van der Waals surface area contributed by atoms with Gasteiger partial charge >= 0.3 is 0 Å². The number of furan rings is 2. The van der Waals surface area contributed by atoms with Crippen LogP contribution in [0.25, 0.3) is 0 Å². The third kappa shape index (κ3) is 4.30. The highest BCUT2D eigenvalue weighted by atomic mass is 16.5. The lowest BCUT2D eigenvalue weighted by Crippen LogP contribution is -2.22. The van der Waals surface area contributed by atoms with E-state index in [1.165, 1.54) is 6.26 Å². The number of aryl methyl sites for hydroxylation is 2. The second kappa shape index (κ2) is 9.13. The molecule has 0 atom stereocenters. The van der Waals surface area contributed by atoms with Gasteiger partial charge in [-0.1, -0.05) is 0 Å². The fourth-order valence-electron chi connectivity index (χ4n) is 3.78. The van der Waals surface area contributed by atoms with Crippen molar-refractivity contribution in [2.45, 2.75) is 40.0 Å². The summed E-state index contributed by atoms with van der Waals surface area (Å²) >= 11 is 0. The molecule has 8 heteroatoms. The van der Waals surface area contributed by atoms with E-state index in [-0.39, 0.29) is 17.6 Å². The van der Waals surface area contributed by atoms with Crippen LogP contribution in [-0.4, -0.2) is 24.1 Å². The van der Waals surface area contributed by atoms with Crippen LogP contribution in [0, 0.1) is 13.8 Å². The predicted molar refractivity (Wildman–Crippen MR) is 119 cm³/mol. The zero-order chi connectivity index (χ0) is 22.7. The van der Waals surface area contributed by atoms with Crippen LogP contribution in [0.2, 0.25) is 0 Å². The average molecular weight is 435 g/mol. The number of nitrogens with one attached hydrogen (secondary N) is 2. The van der Waals surface area contributed by atoms with E-state index in [9.17, 15) is 9.59 Å². The van der Waals surface area contributed by atoms with Crippen molar-refractivity contribution in [1.82, 2.24) is 5.43 Å². The Morgan fingerprint density at radius 1 is 1.09 bits per heavy atom. The Hall–Kier alpha value is -3.81. The Balaban J connectivity index is 1.53. The minimum absolute atomic E-state index is 0.246. The lowest BCUT2D eigenvalue weighted by Gasteiger charge is -2.13. The molecule has 2 aromatic heterocycles. The lowest BCUT2D eigenvalue weighted by molar-refractivity contribution is 0.0952. The van der Waals surface area contributed by atoms with E-state index >= 15 is 0 Å². The summed E-state index contributed by atoms with van der Waals surface area (Å²) in [6.45, 7) is 6.04. The Morgan fingerprint density at radius 2 is 1.88 bits per heavy atom. The molecule has 2 N–H and O–H groups in total. The molecule has 4 rings (SSSR count). The number of hydrogen-bond donors (Lipinski definition) is 2. The van der Waals surface area contributed by atoms with Gasteiger partial charge in [0, 0.05) is 23.2 Å². The number of nitrogens with zero attached hydrogens (tertiary/aromatic N) is 1. The van der Waals surface area contributed by atoms with Gasteiger partial charge in [-0.15, -0.1) is 0 Å². The van der Waals surface area contributed by atoms with Crippen LogP contribution in [-0.2, 0) is 6.42 Å². The molecule has 0 spiro atoms. The van der Waals surface area contributed by atoms with Gasteiger partial charge in [-0.25, -0.2) is 5.43 Å². The monoisotopic (exact) mass is 435 g/mol. The fraction of sp³-hybridized carbons (Fsp3) is 0.292. The Bertz CT molecular complexity index is 1170. The summed E-state index contributed by atoms with van der Waals surface area (Å²) in [5, 5.41) is 7.20. The maximum absolute atomic E-state index is 12.9. The van der Waals surface area contributed by atoms with E-state index in [1.807, 2.05) is 13.8 Å². The van der Waals surface area contributed by atoms with Crippen LogP contribution in [0.1, 0.15) is 63.3 Å². The van der Waals surface area contributed by atoms with Crippen LogP contribution < -0.4 is 15.5 Å². The molecule has 0 fully saturated rings. The molecule has 0 radical (unpaired) electrons. The topological polar surface area (TPSA) is 106 Å². The maximum atomic E-state index is 12.9. The molecule has 0 saturated heterocycles. The van der Waals surface area contributed by atoms with Crippen LogP contribution in [0.4, 0.5) is 5.69 Å². The van der Waals surface area contributed by atoms with Crippen molar-refractivity contribution in [3.8, 4) is 5.75 Å². The lowest BCUT2D eigenvalue weighted by atomic mass is 9.93. The van der Waals surface area contributed by atoms with Crippen LogP contribution in [0.3, 0.4) is 0 Å². The second-order valence-corrected chi connectivity index (χ2v) is 7.51. The first-order valence-electron chi connectivity index (χ1n) is 10.6. The predicted octanol–water partition coefficient (Wildman–Crippen LogP) is 4.61. The van der Waals surface area contributed by atoms with Crippen molar-refractivity contribution in [3.63, 3.8) is 0 Å². The van der Waals surface area contributed by atoms with Crippen molar-refractivity contribution in [1.29, 1.82) is 0 Å². The number of amides is 2. The van der Waals surface area contributed by atoms with Crippen molar-refractivity contribution in [2.24, 2.45) is 5.10 Å². The average Bonchev–Trinajstić information content (AvgIpc) is 3.37. The Morgan fingerprint density at radius 3 is 2.56 bits per heavy atom. The molecule has 32 heavy (non-hydrogen) atoms. The van der Waals surface area contributed by atoms with Crippen molar-refractivity contribution in [2.75, 3.05) is 11.9 Å². The highest BCUT2D eigenvalue weighted by molar-refractivity contribution is 6.09. The summed E-state index contributed by atoms with van der Waals surface area (Å²) in [5.41, 5.74) is 5.86. The number of ether oxygens (including phenoxy) is 1. The van der Waals surface area contributed by atoms with Gasteiger partial charge in [0.2, 0.25) is 0 Å². The number of carbonyl (C=O) groups excluding carboxylic acids is 2. The van der Waals surface area contributed by atoms with E-state index in [4.69, 9.17) is 13.6 Å². The molecular weight excluding hydrogens is 410 g/mol. The number of rotatable bonds is 6. The van der Waals surface area contributed by atoms with E-state index in [2.05, 4.69) is 15.8 Å². The molecule has 1 aliphatic carbocycles. The maximum Gasteiger partial charge on any atom is 0.291 e. The summed E-state index contributed by atoms with van der Waals surface area (Å²) in [7, 11) is 0. The molecule has 8 nitrogen and oxygen atoms in total. The van der Waals surface area contributed by atoms with Gasteiger partial charge in [-0.3, -0.25) is 9.59 Å². The quantitative estimate of drug-likeness (QED) is 0.550. The number of anilines is 1. The van der Waals surface area contributed by atoms with Crippen molar-refractivity contribution in [3.05, 3.63) is 70.6 Å². The molecular formula is C24H25N3O5. The molecule has 1 aromatic carbocycles. The summed E-state index contributed by atoms with van der Waals surface area (Å²) in [5.74, 6) is 1.54. The molecule has 0 saturated carbocycles. The van der Waals surface area contributed by atoms with Gasteiger partial charge in [0.25, 0.3) is 11.8 Å². The largest absolute Gasteiger partial charge is 0.494 e. The minimum atomic E-state index is -0.342. The number of benzene rings is 1. The van der Waals surface area contributed by atoms with Gasteiger partial charge in [0.05, 0.1) is 24.1 Å². The molecule has 166 valence electrons. The fourth-order valence-corrected chi connectivity index (χ4v) is 3.78. The van der Waals surface area contributed by atoms with Gasteiger partial charge in [-0.2, -0.15) is 5.10 Å². The third-order valence-corrected chi connectivity index (χ3v) is 5.35. The summed E-state index contributed by atoms with van der Waals surface area (Å²) < 4.78 is 16.5. The number of hydrazone groups is 1. The minimum Gasteiger partial charge on any atom is -0.494 e. The summed E-state index contributed by atoms with van der Waals surface area (Å²) in [6, 6.07) is 8.76. The molecule has 3 aromatic rings. The first-order chi connectivity index (χ1) is 15.5. The molecule has 1 aliphatic rings. The SMILES string of the molecule is CCOc1ccc(NC(=O)c2oc3c(c2C)/C(=N/NC(=O)c2ccoc2C)CCC3)cc1. The van der Waals surface area contributed by atoms with Gasteiger partial charge < -0.3 is 18.9 Å². The molecule has 2 heterocycles. The summed E-state index contributed by atoms with van der Waals surface area (Å²) in [6.07, 6.45) is 3.67. The van der Waals surface area contributed by atoms with Gasteiger partial charge in [-0.05, 0) is 63.9 Å².